The molecular weight excluding hydrogens is 328 g/mol. The van der Waals surface area contributed by atoms with Crippen molar-refractivity contribution >= 4 is 11.9 Å². The van der Waals surface area contributed by atoms with E-state index in [0.717, 1.165) is 20.4 Å². The Kier molecular flexibility index (Phi) is 9.09. The molecule has 0 aliphatic carbocycles. The number of carbonyl (C=O) groups is 2. The molecule has 2 rings (SSSR count). The third-order valence-electron chi connectivity index (χ3n) is 2.23. The zero-order valence-electron chi connectivity index (χ0n) is 11.1. The molecule has 0 saturated heterocycles. The molecule has 0 bridgehead atoms. The molecular formula is C14H10O7Ti. The summed E-state index contributed by atoms with van der Waals surface area (Å²) in [4.78, 5) is 20.4. The van der Waals surface area contributed by atoms with Crippen LogP contribution in [0.15, 0.2) is 48.5 Å². The second-order valence-electron chi connectivity index (χ2n) is 3.60. The third kappa shape index (κ3) is 6.30. The van der Waals surface area contributed by atoms with Gasteiger partial charge in [0, 0.05) is 0 Å². The summed E-state index contributed by atoms with van der Waals surface area (Å²) in [7, 11) is 0. The Balaban J connectivity index is 0.000000360. The number of hydrogen-bond donors (Lipinski definition) is 2. The monoisotopic (exact) mass is 338 g/mol. The van der Waals surface area contributed by atoms with E-state index in [4.69, 9.17) is 13.5 Å². The standard InChI is InChI=1S/2C7H6O3.O.Ti/c2*8-6-4-2-1-3-5(6)7(9)10;;/h2*1-4,8H,(H,9,10);;/q;;;+2/p-2. The van der Waals surface area contributed by atoms with Crippen molar-refractivity contribution in [2.24, 2.45) is 0 Å². The van der Waals surface area contributed by atoms with Gasteiger partial charge in [-0.1, -0.05) is 47.9 Å². The molecule has 0 spiro atoms. The Morgan fingerprint density at radius 2 is 1.00 bits per heavy atom. The van der Waals surface area contributed by atoms with Crippen molar-refractivity contribution in [2.75, 3.05) is 0 Å². The van der Waals surface area contributed by atoms with Crippen LogP contribution in [-0.4, -0.2) is 22.2 Å². The van der Waals surface area contributed by atoms with Gasteiger partial charge in [-0.25, -0.2) is 9.59 Å². The van der Waals surface area contributed by atoms with E-state index in [9.17, 15) is 19.8 Å². The van der Waals surface area contributed by atoms with Crippen LogP contribution in [0.1, 0.15) is 20.7 Å². The molecule has 2 N–H and O–H groups in total. The van der Waals surface area contributed by atoms with Gasteiger partial charge >= 0.3 is 35.7 Å². The first-order valence-electron chi connectivity index (χ1n) is 5.62. The predicted octanol–water partition coefficient (Wildman–Crippen LogP) is 0.795. The number of rotatable bonds is 2. The fourth-order valence-corrected chi connectivity index (χ4v) is 1.29. The van der Waals surface area contributed by atoms with Crippen LogP contribution in [0, 0.1) is 0 Å². The van der Waals surface area contributed by atoms with Crippen molar-refractivity contribution in [1.82, 2.24) is 0 Å². The molecule has 0 radical (unpaired) electrons. The maximum absolute atomic E-state index is 10.7. The van der Waals surface area contributed by atoms with Gasteiger partial charge in [-0.15, -0.1) is 0 Å². The second-order valence-corrected chi connectivity index (χ2v) is 3.60. The third-order valence-corrected chi connectivity index (χ3v) is 2.23. The van der Waals surface area contributed by atoms with Gasteiger partial charge in [-0.2, -0.15) is 0 Å². The first kappa shape index (κ1) is 19.5. The van der Waals surface area contributed by atoms with Crippen LogP contribution >= 0.6 is 0 Å². The average Bonchev–Trinajstić information content (AvgIpc) is 2.50. The van der Waals surface area contributed by atoms with Gasteiger partial charge in [-0.3, -0.25) is 0 Å². The Bertz CT molecular complexity index is 587. The summed E-state index contributed by atoms with van der Waals surface area (Å²) >= 11 is 0.750. The summed E-state index contributed by atoms with van der Waals surface area (Å²) in [5.41, 5.74) is -0.356. The Labute approximate surface area is 137 Å². The Hall–Kier alpha value is -2.51. The van der Waals surface area contributed by atoms with Crippen molar-refractivity contribution in [3.63, 3.8) is 0 Å². The Morgan fingerprint density at radius 3 is 1.18 bits per heavy atom. The van der Waals surface area contributed by atoms with Gasteiger partial charge < -0.3 is 20.4 Å². The summed E-state index contributed by atoms with van der Waals surface area (Å²) in [6, 6.07) is 11.1. The summed E-state index contributed by atoms with van der Waals surface area (Å²) in [5.74, 6) is -3.25. The van der Waals surface area contributed by atoms with E-state index in [1.165, 1.54) is 48.5 Å². The molecule has 2 aromatic carbocycles. The average molecular weight is 338 g/mol. The molecule has 0 heterocycles. The molecule has 7 nitrogen and oxygen atoms in total. The van der Waals surface area contributed by atoms with Crippen LogP contribution in [0.4, 0.5) is 0 Å². The quantitative estimate of drug-likeness (QED) is 0.772. The summed E-state index contributed by atoms with van der Waals surface area (Å²) in [6.45, 7) is 0. The molecule has 0 aromatic heterocycles. The molecule has 22 heavy (non-hydrogen) atoms. The molecule has 0 amide bonds. The van der Waals surface area contributed by atoms with E-state index in [0.29, 0.717) is 0 Å². The van der Waals surface area contributed by atoms with Crippen LogP contribution in [0.25, 0.3) is 0 Å². The van der Waals surface area contributed by atoms with E-state index in [-0.39, 0.29) is 11.1 Å². The molecule has 0 unspecified atom stereocenters. The topological polar surface area (TPSA) is 138 Å². The van der Waals surface area contributed by atoms with Crippen molar-refractivity contribution in [1.29, 1.82) is 0 Å². The zero-order chi connectivity index (χ0) is 17.1. The molecule has 8 heteroatoms. The van der Waals surface area contributed by atoms with Crippen LogP contribution in [0.2, 0.25) is 0 Å². The molecule has 2 aromatic rings. The summed E-state index contributed by atoms with van der Waals surface area (Å²) in [5, 5.41) is 38.1. The van der Waals surface area contributed by atoms with E-state index in [2.05, 4.69) is 0 Å². The molecule has 0 atom stereocenters. The number of carboxylic acid groups (broad SMARTS) is 2. The summed E-state index contributed by atoms with van der Waals surface area (Å²) in [6.07, 6.45) is 0. The van der Waals surface area contributed by atoms with Crippen molar-refractivity contribution in [3.8, 4) is 11.5 Å². The molecule has 0 aliphatic rings. The fraction of sp³-hybridized carbons (Fsp3) is 0. The first-order chi connectivity index (χ1) is 10.4. The predicted molar refractivity (Wildman–Crippen MR) is 66.4 cm³/mol. The molecule has 0 saturated carbocycles. The van der Waals surface area contributed by atoms with Crippen LogP contribution in [0.3, 0.4) is 0 Å². The van der Waals surface area contributed by atoms with E-state index < -0.39 is 23.4 Å². The van der Waals surface area contributed by atoms with Crippen molar-refractivity contribution in [3.05, 3.63) is 59.7 Å². The number of aromatic carboxylic acids is 2. The second kappa shape index (κ2) is 10.3. The van der Waals surface area contributed by atoms with Gasteiger partial charge in [0.25, 0.3) is 0 Å². The normalized spacial score (nSPS) is 8.64. The zero-order valence-corrected chi connectivity index (χ0v) is 12.6. The maximum atomic E-state index is 10.7. The van der Waals surface area contributed by atoms with E-state index in [1.807, 2.05) is 0 Å². The van der Waals surface area contributed by atoms with Gasteiger partial charge in [0.15, 0.2) is 0 Å². The number of hydrogen-bond acceptors (Lipinski definition) is 5. The number of para-hydroxylation sites is 2. The minimum absolute atomic E-state index is 0.178. The summed E-state index contributed by atoms with van der Waals surface area (Å²) < 4.78 is 8.25. The van der Waals surface area contributed by atoms with Gasteiger partial charge in [0.05, 0.1) is 11.1 Å². The van der Waals surface area contributed by atoms with Crippen LogP contribution in [-0.2, 0) is 23.7 Å². The van der Waals surface area contributed by atoms with Gasteiger partial charge in [0.2, 0.25) is 0 Å². The van der Waals surface area contributed by atoms with E-state index in [1.54, 1.807) is 0 Å². The van der Waals surface area contributed by atoms with Crippen molar-refractivity contribution < 1.29 is 53.7 Å². The fourth-order valence-electron chi connectivity index (χ4n) is 1.29. The van der Waals surface area contributed by atoms with E-state index >= 15 is 0 Å². The first-order valence-corrected chi connectivity index (χ1v) is 6.26. The number of carboxylic acids is 2. The SMILES string of the molecule is O=C(O)c1ccccc1[O-].O=C(O)c1ccccc1[O-].[O]=[Ti+2]. The number of benzene rings is 2. The minimum atomic E-state index is -1.18. The molecule has 112 valence electrons. The molecule has 0 fully saturated rings. The Morgan fingerprint density at radius 1 is 0.727 bits per heavy atom. The van der Waals surface area contributed by atoms with Crippen LogP contribution in [0.5, 0.6) is 11.5 Å². The van der Waals surface area contributed by atoms with Crippen molar-refractivity contribution in [2.45, 2.75) is 0 Å². The van der Waals surface area contributed by atoms with Gasteiger partial charge in [0.1, 0.15) is 0 Å². The molecule has 0 aliphatic heterocycles. The van der Waals surface area contributed by atoms with Gasteiger partial charge in [-0.05, 0) is 12.1 Å². The van der Waals surface area contributed by atoms with Crippen LogP contribution < -0.4 is 10.2 Å².